The van der Waals surface area contributed by atoms with Gasteiger partial charge in [-0.25, -0.2) is 0 Å². The molecule has 0 aliphatic rings. The van der Waals surface area contributed by atoms with Crippen LogP contribution in [0.2, 0.25) is 0 Å². The van der Waals surface area contributed by atoms with Gasteiger partial charge in [0.2, 0.25) is 5.75 Å². The van der Waals surface area contributed by atoms with Crippen molar-refractivity contribution in [2.45, 2.75) is 6.92 Å². The number of ether oxygens (including phenoxy) is 4. The highest BCUT2D eigenvalue weighted by atomic mass is 16.5. The molecule has 3 rings (SSSR count). The highest BCUT2D eigenvalue weighted by Crippen LogP contribution is 2.36. The van der Waals surface area contributed by atoms with Crippen LogP contribution in [0.5, 0.6) is 23.0 Å². The molecule has 0 aliphatic carbocycles. The summed E-state index contributed by atoms with van der Waals surface area (Å²) in [6.45, 7) is 2.25. The lowest BCUT2D eigenvalue weighted by molar-refractivity contribution is -0.118. The van der Waals surface area contributed by atoms with Crippen molar-refractivity contribution in [1.82, 2.24) is 0 Å². The molecule has 33 heavy (non-hydrogen) atoms. The first-order valence-corrected chi connectivity index (χ1v) is 10.3. The molecule has 0 unspecified atom stereocenters. The van der Waals surface area contributed by atoms with Crippen molar-refractivity contribution in [2.24, 2.45) is 0 Å². The number of para-hydroxylation sites is 1. The highest BCUT2D eigenvalue weighted by Gasteiger charge is 2.14. The molecule has 2 N–H and O–H groups in total. The summed E-state index contributed by atoms with van der Waals surface area (Å²) in [7, 11) is 3.02. The van der Waals surface area contributed by atoms with Gasteiger partial charge in [0.1, 0.15) is 5.75 Å². The maximum absolute atomic E-state index is 12.5. The number of anilines is 2. The van der Waals surface area contributed by atoms with Crippen LogP contribution in [-0.4, -0.2) is 39.2 Å². The van der Waals surface area contributed by atoms with E-state index in [-0.39, 0.29) is 18.4 Å². The van der Waals surface area contributed by atoms with Gasteiger partial charge in [0.15, 0.2) is 18.1 Å². The Morgan fingerprint density at radius 3 is 1.91 bits per heavy atom. The molecule has 2 amide bonds. The van der Waals surface area contributed by atoms with E-state index in [0.717, 1.165) is 5.75 Å². The number of nitrogens with one attached hydrogen (secondary N) is 2. The molecule has 0 aromatic heterocycles. The van der Waals surface area contributed by atoms with Gasteiger partial charge < -0.3 is 29.6 Å². The summed E-state index contributed by atoms with van der Waals surface area (Å²) >= 11 is 0. The molecule has 0 aliphatic heterocycles. The van der Waals surface area contributed by atoms with E-state index in [1.54, 1.807) is 66.7 Å². The number of hydrogen-bond donors (Lipinski definition) is 2. The minimum Gasteiger partial charge on any atom is -0.494 e. The van der Waals surface area contributed by atoms with Crippen molar-refractivity contribution < 1.29 is 28.5 Å². The Morgan fingerprint density at radius 2 is 1.33 bits per heavy atom. The number of benzene rings is 3. The van der Waals surface area contributed by atoms with Crippen molar-refractivity contribution >= 4 is 23.2 Å². The van der Waals surface area contributed by atoms with Gasteiger partial charge in [0.05, 0.1) is 20.8 Å². The van der Waals surface area contributed by atoms with Gasteiger partial charge in [-0.1, -0.05) is 6.07 Å². The minimum atomic E-state index is -0.366. The number of methoxy groups -OCH3 is 2. The average molecular weight is 450 g/mol. The zero-order chi connectivity index (χ0) is 23.6. The van der Waals surface area contributed by atoms with Crippen LogP contribution in [-0.2, 0) is 4.79 Å². The molecule has 0 saturated carbocycles. The second-order valence-electron chi connectivity index (χ2n) is 6.82. The van der Waals surface area contributed by atoms with Gasteiger partial charge >= 0.3 is 0 Å². The van der Waals surface area contributed by atoms with Crippen LogP contribution in [0.3, 0.4) is 0 Å². The van der Waals surface area contributed by atoms with Gasteiger partial charge in [-0.2, -0.15) is 0 Å². The fraction of sp³-hybridized carbons (Fsp3) is 0.200. The topological polar surface area (TPSA) is 95.1 Å². The van der Waals surface area contributed by atoms with Crippen molar-refractivity contribution in [3.05, 3.63) is 72.3 Å². The molecule has 0 saturated heterocycles. The normalized spacial score (nSPS) is 10.2. The fourth-order valence-corrected chi connectivity index (χ4v) is 3.00. The summed E-state index contributed by atoms with van der Waals surface area (Å²) in [6, 6.07) is 18.9. The van der Waals surface area contributed by atoms with Crippen LogP contribution < -0.4 is 29.6 Å². The number of carbonyl (C=O) groups excluding carboxylic acids is 2. The summed E-state index contributed by atoms with van der Waals surface area (Å²) in [4.78, 5) is 24.8. The average Bonchev–Trinajstić information content (AvgIpc) is 2.84. The quantitative estimate of drug-likeness (QED) is 0.476. The monoisotopic (exact) mass is 450 g/mol. The SMILES string of the molecule is CCOc1ccc(NC(=O)c2ccc(NC(=O)COc3c(OC)cccc3OC)cc2)cc1. The summed E-state index contributed by atoms with van der Waals surface area (Å²) < 4.78 is 21.5. The van der Waals surface area contributed by atoms with Gasteiger partial charge in [-0.15, -0.1) is 0 Å². The maximum Gasteiger partial charge on any atom is 0.262 e. The molecule has 3 aromatic carbocycles. The number of carbonyl (C=O) groups is 2. The molecule has 172 valence electrons. The van der Waals surface area contributed by atoms with Crippen molar-refractivity contribution in [1.29, 1.82) is 0 Å². The summed E-state index contributed by atoms with van der Waals surface area (Å²) in [5, 5.41) is 5.55. The third-order valence-corrected chi connectivity index (χ3v) is 4.58. The predicted octanol–water partition coefficient (Wildman–Crippen LogP) is 4.37. The molecule has 3 aromatic rings. The van der Waals surface area contributed by atoms with Crippen LogP contribution in [0.25, 0.3) is 0 Å². The molecule has 0 radical (unpaired) electrons. The van der Waals surface area contributed by atoms with E-state index in [1.807, 2.05) is 6.92 Å². The lowest BCUT2D eigenvalue weighted by Crippen LogP contribution is -2.20. The van der Waals surface area contributed by atoms with Crippen LogP contribution in [0, 0.1) is 0 Å². The molecule has 0 fully saturated rings. The van der Waals surface area contributed by atoms with Gasteiger partial charge in [0, 0.05) is 16.9 Å². The Morgan fingerprint density at radius 1 is 0.758 bits per heavy atom. The van der Waals surface area contributed by atoms with Gasteiger partial charge in [-0.3, -0.25) is 9.59 Å². The van der Waals surface area contributed by atoms with E-state index in [4.69, 9.17) is 18.9 Å². The van der Waals surface area contributed by atoms with Crippen LogP contribution in [0.15, 0.2) is 66.7 Å². The first kappa shape index (κ1) is 23.5. The highest BCUT2D eigenvalue weighted by molar-refractivity contribution is 6.04. The third kappa shape index (κ3) is 6.39. The van der Waals surface area contributed by atoms with E-state index in [0.29, 0.717) is 40.8 Å². The van der Waals surface area contributed by atoms with Crippen LogP contribution in [0.1, 0.15) is 17.3 Å². The summed E-state index contributed by atoms with van der Waals surface area (Å²) in [5.74, 6) is 1.39. The van der Waals surface area contributed by atoms with E-state index >= 15 is 0 Å². The fourth-order valence-electron chi connectivity index (χ4n) is 3.00. The molecule has 0 atom stereocenters. The van der Waals surface area contributed by atoms with E-state index in [1.165, 1.54) is 14.2 Å². The van der Waals surface area contributed by atoms with Gasteiger partial charge in [0.25, 0.3) is 11.8 Å². The second-order valence-corrected chi connectivity index (χ2v) is 6.82. The molecular weight excluding hydrogens is 424 g/mol. The Labute approximate surface area is 192 Å². The smallest absolute Gasteiger partial charge is 0.262 e. The Kier molecular flexibility index (Phi) is 8.13. The molecule has 0 heterocycles. The zero-order valence-corrected chi connectivity index (χ0v) is 18.7. The standard InChI is InChI=1S/C25H26N2O6/c1-4-32-20-14-12-19(13-15-20)27-25(29)17-8-10-18(11-9-17)26-23(28)16-33-24-21(30-2)6-5-7-22(24)31-3/h5-15H,4,16H2,1-3H3,(H,26,28)(H,27,29). The zero-order valence-electron chi connectivity index (χ0n) is 18.7. The van der Waals surface area contributed by atoms with Crippen molar-refractivity contribution in [3.63, 3.8) is 0 Å². The maximum atomic E-state index is 12.5. The lowest BCUT2D eigenvalue weighted by Gasteiger charge is -2.14. The van der Waals surface area contributed by atoms with E-state index < -0.39 is 0 Å². The molecule has 8 heteroatoms. The van der Waals surface area contributed by atoms with Crippen molar-refractivity contribution in [2.75, 3.05) is 38.1 Å². The molecule has 0 bridgehead atoms. The molecular formula is C25H26N2O6. The predicted molar refractivity (Wildman–Crippen MR) is 126 cm³/mol. The summed E-state index contributed by atoms with van der Waals surface area (Å²) in [5.41, 5.74) is 1.65. The number of hydrogen-bond acceptors (Lipinski definition) is 6. The van der Waals surface area contributed by atoms with E-state index in [2.05, 4.69) is 10.6 Å². The Bertz CT molecular complexity index is 1060. The van der Waals surface area contributed by atoms with Crippen LogP contribution in [0.4, 0.5) is 11.4 Å². The first-order chi connectivity index (χ1) is 16.0. The molecule has 8 nitrogen and oxygen atoms in total. The molecule has 0 spiro atoms. The second kappa shape index (κ2) is 11.4. The first-order valence-electron chi connectivity index (χ1n) is 10.3. The lowest BCUT2D eigenvalue weighted by atomic mass is 10.2. The number of amides is 2. The van der Waals surface area contributed by atoms with Gasteiger partial charge in [-0.05, 0) is 67.6 Å². The van der Waals surface area contributed by atoms with E-state index in [9.17, 15) is 9.59 Å². The largest absolute Gasteiger partial charge is 0.494 e. The van der Waals surface area contributed by atoms with Crippen molar-refractivity contribution in [3.8, 4) is 23.0 Å². The summed E-state index contributed by atoms with van der Waals surface area (Å²) in [6.07, 6.45) is 0. The number of rotatable bonds is 10. The Hall–Kier alpha value is -4.20. The van der Waals surface area contributed by atoms with Crippen LogP contribution >= 0.6 is 0 Å². The Balaban J connectivity index is 1.55. The minimum absolute atomic E-state index is 0.239. The third-order valence-electron chi connectivity index (χ3n) is 4.58.